The first-order valence-corrected chi connectivity index (χ1v) is 15.2. The van der Waals surface area contributed by atoms with Gasteiger partial charge in [-0.1, -0.05) is 30.3 Å². The molecule has 1 saturated heterocycles. The molecule has 2 aliphatic rings. The summed E-state index contributed by atoms with van der Waals surface area (Å²) in [7, 11) is -4.24. The second-order valence-electron chi connectivity index (χ2n) is 9.23. The highest BCUT2D eigenvalue weighted by molar-refractivity contribution is 14.1. The molecule has 40 heavy (non-hydrogen) atoms. The number of piperidine rings is 1. The third-order valence-electron chi connectivity index (χ3n) is 6.65. The number of nitrogens with zero attached hydrogens (tertiary/aromatic N) is 4. The summed E-state index contributed by atoms with van der Waals surface area (Å²) in [6, 6.07) is 7.69. The highest BCUT2D eigenvalue weighted by atomic mass is 127. The third-order valence-corrected chi connectivity index (χ3v) is 10.5. The van der Waals surface area contributed by atoms with Crippen LogP contribution in [0.1, 0.15) is 28.2 Å². The molecule has 0 radical (unpaired) electrons. The summed E-state index contributed by atoms with van der Waals surface area (Å²) in [5, 5.41) is 6.82. The van der Waals surface area contributed by atoms with Gasteiger partial charge in [-0.3, -0.25) is 15.1 Å². The van der Waals surface area contributed by atoms with Crippen molar-refractivity contribution in [1.82, 2.24) is 24.9 Å². The zero-order chi connectivity index (χ0) is 28.9. The molecule has 0 saturated carbocycles. The maximum Gasteiger partial charge on any atom is 0.426 e. The van der Waals surface area contributed by atoms with Crippen LogP contribution in [0.4, 0.5) is 24.8 Å². The van der Waals surface area contributed by atoms with Crippen molar-refractivity contribution in [2.75, 3.05) is 31.1 Å². The van der Waals surface area contributed by atoms with Crippen molar-refractivity contribution in [2.45, 2.75) is 29.5 Å². The van der Waals surface area contributed by atoms with Gasteiger partial charge in [-0.15, -0.1) is 11.3 Å². The van der Waals surface area contributed by atoms with Gasteiger partial charge in [0.1, 0.15) is 13.5 Å². The Kier molecular flexibility index (Phi) is 7.42. The Morgan fingerprint density at radius 1 is 1.12 bits per heavy atom. The van der Waals surface area contributed by atoms with Crippen LogP contribution in [0.15, 0.2) is 45.6 Å². The molecule has 1 amide bonds. The van der Waals surface area contributed by atoms with E-state index in [0.717, 1.165) is 5.38 Å². The van der Waals surface area contributed by atoms with Crippen LogP contribution in [0.2, 0.25) is 0 Å². The summed E-state index contributed by atoms with van der Waals surface area (Å²) >= 11 is 2.20. The molecular formula is C23H22F3IN8O3S2. The first-order chi connectivity index (χ1) is 18.8. The topological polar surface area (TPSA) is 169 Å². The molecule has 1 spiro atoms. The van der Waals surface area contributed by atoms with Crippen molar-refractivity contribution in [3.05, 3.63) is 50.0 Å². The number of benzene rings is 1. The minimum Gasteiger partial charge on any atom is -0.382 e. The molecule has 4 heterocycles. The lowest BCUT2D eigenvalue weighted by atomic mass is 9.89. The number of hydrogen-bond donors (Lipinski definition) is 4. The van der Waals surface area contributed by atoms with Gasteiger partial charge in [0.25, 0.3) is 5.91 Å². The molecule has 17 heteroatoms. The quantitative estimate of drug-likeness (QED) is 0.301. The summed E-state index contributed by atoms with van der Waals surface area (Å²) in [6.45, 7) is 0.362. The summed E-state index contributed by atoms with van der Waals surface area (Å²) in [6.07, 6.45) is -4.08. The van der Waals surface area contributed by atoms with E-state index in [2.05, 4.69) is 25.6 Å². The van der Waals surface area contributed by atoms with Gasteiger partial charge in [0.2, 0.25) is 10.0 Å². The van der Waals surface area contributed by atoms with E-state index < -0.39 is 32.5 Å². The fourth-order valence-electron chi connectivity index (χ4n) is 4.60. The van der Waals surface area contributed by atoms with Gasteiger partial charge in [-0.05, 0) is 41.0 Å². The Morgan fingerprint density at radius 2 is 1.80 bits per heavy atom. The number of anilines is 2. The number of nitrogens with one attached hydrogen (secondary N) is 2. The maximum atomic E-state index is 13.8. The van der Waals surface area contributed by atoms with Crippen molar-refractivity contribution < 1.29 is 26.4 Å². The number of hydrogen-bond acceptors (Lipinski definition) is 10. The van der Waals surface area contributed by atoms with Crippen LogP contribution in [0.25, 0.3) is 11.1 Å². The number of guanidine groups is 1. The molecule has 0 bridgehead atoms. The number of thiophene rings is 1. The molecule has 1 aromatic carbocycles. The zero-order valence-electron chi connectivity index (χ0n) is 20.5. The number of sulfonamides is 1. The number of carbonyl (C=O) groups excluding carboxylic acids is 1. The Balaban J connectivity index is 1.30. The van der Waals surface area contributed by atoms with E-state index in [9.17, 15) is 26.4 Å². The average Bonchev–Trinajstić information content (AvgIpc) is 3.52. The molecule has 1 fully saturated rings. The van der Waals surface area contributed by atoms with Gasteiger partial charge in [-0.2, -0.15) is 17.5 Å². The number of aliphatic imine (C=N–C) groups is 1. The van der Waals surface area contributed by atoms with Crippen LogP contribution in [-0.4, -0.2) is 59.7 Å². The molecule has 0 aliphatic carbocycles. The minimum absolute atomic E-state index is 0.0477. The Labute approximate surface area is 244 Å². The Hall–Kier alpha value is -3.03. The molecule has 3 aromatic rings. The van der Waals surface area contributed by atoms with Crippen LogP contribution in [0.5, 0.6) is 0 Å². The van der Waals surface area contributed by atoms with Crippen molar-refractivity contribution in [3.8, 4) is 11.1 Å². The smallest absolute Gasteiger partial charge is 0.382 e. The summed E-state index contributed by atoms with van der Waals surface area (Å²) in [4.78, 5) is 23.7. The van der Waals surface area contributed by atoms with Crippen molar-refractivity contribution >= 4 is 67.5 Å². The van der Waals surface area contributed by atoms with Gasteiger partial charge in [0.05, 0.1) is 12.1 Å². The number of halogens is 4. The maximum absolute atomic E-state index is 13.8. The van der Waals surface area contributed by atoms with Gasteiger partial charge >= 0.3 is 6.18 Å². The number of nitrogens with two attached hydrogens (primary N) is 2. The molecular weight excluding hydrogens is 684 g/mol. The number of aromatic nitrogens is 2. The molecule has 5 rings (SSSR count). The molecule has 11 nitrogen and oxygen atoms in total. The second kappa shape index (κ2) is 10.4. The Bertz CT molecular complexity index is 1610. The standard InChI is InChI=1S/C23H22F3IN8O3S2/c24-23(25,26)16-14(12-4-2-1-3-5-12)13(10-39-16)40(37,38)35-8-6-22(7-9-35)11-30-21(34-22)33-20(36)15-18(28)32-19(29)17(27)31-15/h1-5,10H,6-9,11H2,(H4,28,29,32)(H2,30,33,34,36). The predicted octanol–water partition coefficient (Wildman–Crippen LogP) is 2.91. The van der Waals surface area contributed by atoms with E-state index in [4.69, 9.17) is 11.5 Å². The molecule has 6 N–H and O–H groups in total. The number of nitrogen functional groups attached to an aromatic ring is 2. The highest BCUT2D eigenvalue weighted by Gasteiger charge is 2.44. The van der Waals surface area contributed by atoms with E-state index in [1.165, 1.54) is 16.4 Å². The van der Waals surface area contributed by atoms with Crippen molar-refractivity contribution in [1.29, 1.82) is 0 Å². The predicted molar refractivity (Wildman–Crippen MR) is 152 cm³/mol. The van der Waals surface area contributed by atoms with Gasteiger partial charge in [0, 0.05) is 24.0 Å². The number of carbonyl (C=O) groups is 1. The SMILES string of the molecule is Nc1nc(N)c(C(=O)NC2=NCC3(CCN(S(=O)(=O)c4csc(C(F)(F)F)c4-c4ccccc4)CC3)N2)nc1I. The number of rotatable bonds is 4. The summed E-state index contributed by atoms with van der Waals surface area (Å²) < 4.78 is 70.1. The van der Waals surface area contributed by atoms with E-state index in [0.29, 0.717) is 27.9 Å². The summed E-state index contributed by atoms with van der Waals surface area (Å²) in [5.74, 6) is -0.509. The Morgan fingerprint density at radius 3 is 2.45 bits per heavy atom. The van der Waals surface area contributed by atoms with E-state index in [-0.39, 0.29) is 58.9 Å². The van der Waals surface area contributed by atoms with Crippen LogP contribution in [0, 0.1) is 3.70 Å². The van der Waals surface area contributed by atoms with Crippen LogP contribution < -0.4 is 22.1 Å². The normalized spacial score (nSPS) is 17.4. The van der Waals surface area contributed by atoms with Crippen LogP contribution >= 0.6 is 33.9 Å². The lowest BCUT2D eigenvalue weighted by molar-refractivity contribution is -0.133. The van der Waals surface area contributed by atoms with Crippen molar-refractivity contribution in [3.63, 3.8) is 0 Å². The van der Waals surface area contributed by atoms with E-state index >= 15 is 0 Å². The first kappa shape index (κ1) is 28.5. The first-order valence-electron chi connectivity index (χ1n) is 11.8. The number of amides is 1. The minimum atomic E-state index is -4.71. The number of alkyl halides is 3. The van der Waals surface area contributed by atoms with E-state index in [1.54, 1.807) is 18.2 Å². The average molecular weight is 707 g/mol. The second-order valence-corrected chi connectivity index (χ2v) is 13.0. The molecule has 0 unspecified atom stereocenters. The van der Waals surface area contributed by atoms with Gasteiger partial charge < -0.3 is 16.8 Å². The lowest BCUT2D eigenvalue weighted by Crippen LogP contribution is -2.56. The van der Waals surface area contributed by atoms with Crippen molar-refractivity contribution in [2.24, 2.45) is 4.99 Å². The van der Waals surface area contributed by atoms with Gasteiger partial charge in [0.15, 0.2) is 23.3 Å². The molecule has 2 aliphatic heterocycles. The lowest BCUT2D eigenvalue weighted by Gasteiger charge is -2.38. The fourth-order valence-corrected chi connectivity index (χ4v) is 7.90. The fraction of sp³-hybridized carbons (Fsp3) is 0.304. The molecule has 212 valence electrons. The zero-order valence-corrected chi connectivity index (χ0v) is 24.3. The van der Waals surface area contributed by atoms with E-state index in [1.807, 2.05) is 22.6 Å². The third kappa shape index (κ3) is 5.34. The summed E-state index contributed by atoms with van der Waals surface area (Å²) in [5.41, 5.74) is 10.5. The largest absolute Gasteiger partial charge is 0.426 e. The van der Waals surface area contributed by atoms with Crippen LogP contribution in [-0.2, 0) is 16.2 Å². The van der Waals surface area contributed by atoms with Gasteiger partial charge in [-0.25, -0.2) is 18.4 Å². The van der Waals surface area contributed by atoms with Crippen LogP contribution in [0.3, 0.4) is 0 Å². The highest BCUT2D eigenvalue weighted by Crippen LogP contribution is 2.46. The molecule has 0 atom stereocenters. The monoisotopic (exact) mass is 706 g/mol. The molecule has 2 aromatic heterocycles.